The zero-order chi connectivity index (χ0) is 37.2. The first-order valence-electron chi connectivity index (χ1n) is 18.3. The van der Waals surface area contributed by atoms with Gasteiger partial charge in [-0.25, -0.2) is 8.78 Å². The molecule has 0 aliphatic carbocycles. The van der Waals surface area contributed by atoms with Crippen molar-refractivity contribution in [2.24, 2.45) is 0 Å². The summed E-state index contributed by atoms with van der Waals surface area (Å²) in [5, 5.41) is 17.2. The first kappa shape index (κ1) is 30.7. The first-order chi connectivity index (χ1) is 27.5. The van der Waals surface area contributed by atoms with Crippen LogP contribution in [0.25, 0.3) is 110 Å². The molecule has 8 aromatic carbocycles. The van der Waals surface area contributed by atoms with Crippen molar-refractivity contribution in [3.8, 4) is 28.6 Å². The van der Waals surface area contributed by atoms with Gasteiger partial charge in [0.1, 0.15) is 22.6 Å². The number of para-hydroxylation sites is 3. The number of aromatic nitrogens is 2. The molecule has 12 rings (SSSR count). The lowest BCUT2D eigenvalue weighted by atomic mass is 10.0. The summed E-state index contributed by atoms with van der Waals surface area (Å²) in [4.78, 5) is 0. The largest absolute Gasteiger partial charge is 0.456 e. The molecular formula is C49H25F2N3O2. The van der Waals surface area contributed by atoms with E-state index in [0.29, 0.717) is 16.5 Å². The minimum atomic E-state index is -0.408. The molecule has 0 radical (unpaired) electrons. The van der Waals surface area contributed by atoms with Gasteiger partial charge in [-0.3, -0.25) is 0 Å². The molecule has 5 nitrogen and oxygen atoms in total. The average Bonchev–Trinajstić information content (AvgIpc) is 3.98. The van der Waals surface area contributed by atoms with E-state index >= 15 is 4.39 Å². The topological polar surface area (TPSA) is 59.9 Å². The van der Waals surface area contributed by atoms with E-state index in [4.69, 9.17) is 8.83 Å². The van der Waals surface area contributed by atoms with Gasteiger partial charge in [0.2, 0.25) is 0 Å². The van der Waals surface area contributed by atoms with Crippen molar-refractivity contribution >= 4 is 87.5 Å². The van der Waals surface area contributed by atoms with Crippen LogP contribution in [0.5, 0.6) is 0 Å². The molecule has 12 aromatic rings. The summed E-state index contributed by atoms with van der Waals surface area (Å²) >= 11 is 0. The smallest absolute Gasteiger partial charge is 0.173 e. The molecule has 4 heterocycles. The lowest BCUT2D eigenvalue weighted by molar-refractivity contribution is 0.585. The predicted octanol–water partition coefficient (Wildman–Crippen LogP) is 13.5. The minimum absolute atomic E-state index is 0.218. The monoisotopic (exact) mass is 725 g/mol. The van der Waals surface area contributed by atoms with Crippen LogP contribution in [0, 0.1) is 23.0 Å². The number of nitrogens with zero attached hydrogens (tertiary/aromatic N) is 3. The molecule has 0 atom stereocenters. The summed E-state index contributed by atoms with van der Waals surface area (Å²) < 4.78 is 47.4. The second-order valence-electron chi connectivity index (χ2n) is 14.3. The number of nitriles is 1. The number of halogens is 2. The minimum Gasteiger partial charge on any atom is -0.456 e. The van der Waals surface area contributed by atoms with Crippen molar-refractivity contribution in [1.29, 1.82) is 5.26 Å². The second-order valence-corrected chi connectivity index (χ2v) is 14.3. The van der Waals surface area contributed by atoms with Crippen LogP contribution in [0.2, 0.25) is 0 Å². The molecule has 0 saturated heterocycles. The SMILES string of the molecule is N#Cc1cc(-c2cccc(-n3c4ccccc4c4cc(F)c5oc6ccccc6c5c43)c2)cc(-n2c3ccc(F)cc3c3ccc4oc5ccccc5c4c32)c1. The fraction of sp³-hybridized carbons (Fsp3) is 0. The van der Waals surface area contributed by atoms with Crippen LogP contribution in [0.4, 0.5) is 8.78 Å². The van der Waals surface area contributed by atoms with Gasteiger partial charge in [0.15, 0.2) is 11.4 Å². The van der Waals surface area contributed by atoms with Crippen molar-refractivity contribution in [2.75, 3.05) is 0 Å². The molecule has 0 spiro atoms. The summed E-state index contributed by atoms with van der Waals surface area (Å²) in [6.45, 7) is 0. The number of rotatable bonds is 3. The molecule has 0 N–H and O–H groups in total. The first-order valence-corrected chi connectivity index (χ1v) is 18.3. The van der Waals surface area contributed by atoms with Crippen LogP contribution < -0.4 is 0 Å². The summed E-state index contributed by atoms with van der Waals surface area (Å²) in [6.07, 6.45) is 0. The molecule has 0 fully saturated rings. The second kappa shape index (κ2) is 11.2. The Kier molecular flexibility index (Phi) is 6.13. The maximum absolute atomic E-state index is 15.8. The quantitative estimate of drug-likeness (QED) is 0.182. The molecule has 0 unspecified atom stereocenters. The highest BCUT2D eigenvalue weighted by molar-refractivity contribution is 6.26. The summed E-state index contributed by atoms with van der Waals surface area (Å²) in [6, 6.07) is 50.3. The molecule has 0 aliphatic rings. The van der Waals surface area contributed by atoms with Crippen LogP contribution >= 0.6 is 0 Å². The summed E-state index contributed by atoms with van der Waals surface area (Å²) in [5.74, 6) is -0.736. The van der Waals surface area contributed by atoms with Crippen LogP contribution in [0.1, 0.15) is 5.56 Å². The van der Waals surface area contributed by atoms with E-state index in [-0.39, 0.29) is 11.4 Å². The van der Waals surface area contributed by atoms with E-state index in [0.717, 1.165) is 93.4 Å². The van der Waals surface area contributed by atoms with Crippen molar-refractivity contribution in [1.82, 2.24) is 9.13 Å². The number of fused-ring (bicyclic) bond motifs is 14. The highest BCUT2D eigenvalue weighted by Crippen LogP contribution is 2.44. The van der Waals surface area contributed by atoms with Crippen molar-refractivity contribution in [2.45, 2.75) is 0 Å². The maximum Gasteiger partial charge on any atom is 0.173 e. The third kappa shape index (κ3) is 4.15. The van der Waals surface area contributed by atoms with Crippen LogP contribution in [0.15, 0.2) is 160 Å². The standard InChI is InChI=1S/C49H25F2N3O2/c50-30-16-18-41-37(24-30)34-17-19-44-45(35-11-2-5-14-42(35)55-44)47(34)54(41)32-21-27(26-52)20-29(23-32)28-8-7-9-31(22-28)53-40-13-4-1-10-33(40)38-25-39(51)49-46(48(38)53)36-12-3-6-15-43(36)56-49/h1-25H. The van der Waals surface area contributed by atoms with E-state index in [9.17, 15) is 9.65 Å². The average molecular weight is 726 g/mol. The number of benzene rings is 8. The summed E-state index contributed by atoms with van der Waals surface area (Å²) in [5.41, 5.74) is 9.59. The third-order valence-electron chi connectivity index (χ3n) is 11.2. The highest BCUT2D eigenvalue weighted by Gasteiger charge is 2.23. The van der Waals surface area contributed by atoms with Crippen molar-refractivity contribution in [3.63, 3.8) is 0 Å². The molecule has 4 aromatic heterocycles. The molecule has 0 bridgehead atoms. The Labute approximate surface area is 316 Å². The highest BCUT2D eigenvalue weighted by atomic mass is 19.1. The van der Waals surface area contributed by atoms with Crippen molar-refractivity contribution in [3.05, 3.63) is 169 Å². The zero-order valence-electron chi connectivity index (χ0n) is 29.3. The Morgan fingerprint density at radius 2 is 1.16 bits per heavy atom. The molecule has 0 amide bonds. The van der Waals surface area contributed by atoms with Crippen LogP contribution in [-0.4, -0.2) is 9.13 Å². The number of hydrogen-bond acceptors (Lipinski definition) is 3. The normalized spacial score (nSPS) is 12.1. The van der Waals surface area contributed by atoms with Gasteiger partial charge in [0, 0.05) is 43.7 Å². The zero-order valence-corrected chi connectivity index (χ0v) is 29.3. The molecule has 56 heavy (non-hydrogen) atoms. The van der Waals surface area contributed by atoms with Crippen LogP contribution in [-0.2, 0) is 0 Å². The van der Waals surface area contributed by atoms with Gasteiger partial charge in [0.05, 0.1) is 44.5 Å². The lowest BCUT2D eigenvalue weighted by Gasteiger charge is -2.14. The fourth-order valence-corrected chi connectivity index (χ4v) is 8.92. The lowest BCUT2D eigenvalue weighted by Crippen LogP contribution is -1.98. The van der Waals surface area contributed by atoms with Gasteiger partial charge in [-0.2, -0.15) is 5.26 Å². The molecule has 262 valence electrons. The Morgan fingerprint density at radius 1 is 0.464 bits per heavy atom. The van der Waals surface area contributed by atoms with E-state index in [2.05, 4.69) is 27.3 Å². The van der Waals surface area contributed by atoms with Gasteiger partial charge < -0.3 is 18.0 Å². The fourth-order valence-electron chi connectivity index (χ4n) is 8.92. The van der Waals surface area contributed by atoms with Gasteiger partial charge >= 0.3 is 0 Å². The van der Waals surface area contributed by atoms with Gasteiger partial charge in [-0.15, -0.1) is 0 Å². The van der Waals surface area contributed by atoms with Gasteiger partial charge in [-0.1, -0.05) is 66.7 Å². The Hall–Kier alpha value is -7.69. The molecular weight excluding hydrogens is 701 g/mol. The van der Waals surface area contributed by atoms with Crippen LogP contribution in [0.3, 0.4) is 0 Å². The molecule has 0 aliphatic heterocycles. The molecule has 7 heteroatoms. The maximum atomic E-state index is 15.8. The van der Waals surface area contributed by atoms with Crippen molar-refractivity contribution < 1.29 is 17.6 Å². The van der Waals surface area contributed by atoms with E-state index < -0.39 is 5.82 Å². The van der Waals surface area contributed by atoms with E-state index in [1.54, 1.807) is 18.2 Å². The third-order valence-corrected chi connectivity index (χ3v) is 11.2. The number of furan rings is 2. The van der Waals surface area contributed by atoms with Gasteiger partial charge in [-0.05, 0) is 96.1 Å². The van der Waals surface area contributed by atoms with Gasteiger partial charge in [0.25, 0.3) is 0 Å². The van der Waals surface area contributed by atoms with E-state index in [1.807, 2.05) is 115 Å². The Balaban J connectivity index is 1.13. The molecule has 0 saturated carbocycles. The predicted molar refractivity (Wildman–Crippen MR) is 220 cm³/mol. The summed E-state index contributed by atoms with van der Waals surface area (Å²) in [7, 11) is 0. The Morgan fingerprint density at radius 3 is 2.00 bits per heavy atom. The Bertz CT molecular complexity index is 3710. The van der Waals surface area contributed by atoms with E-state index in [1.165, 1.54) is 6.07 Å². The number of hydrogen-bond donors (Lipinski definition) is 0.